The van der Waals surface area contributed by atoms with Crippen LogP contribution < -0.4 is 0 Å². The summed E-state index contributed by atoms with van der Waals surface area (Å²) in [4.78, 5) is 2.21. The van der Waals surface area contributed by atoms with E-state index in [1.807, 2.05) is 13.8 Å². The molecule has 0 N–H and O–H groups in total. The monoisotopic (exact) mass is 205 g/mol. The molecule has 1 fully saturated rings. The molecule has 0 radical (unpaired) electrons. The van der Waals surface area contributed by atoms with Gasteiger partial charge in [0, 0.05) is 31.5 Å². The molecular formula is C11H21F2N. The average molecular weight is 205 g/mol. The van der Waals surface area contributed by atoms with E-state index in [2.05, 4.69) is 18.7 Å². The lowest BCUT2D eigenvalue weighted by molar-refractivity contribution is -0.0941. The maximum Gasteiger partial charge on any atom is 0.250 e. The van der Waals surface area contributed by atoms with Gasteiger partial charge in [-0.25, -0.2) is 8.78 Å². The van der Waals surface area contributed by atoms with Crippen molar-refractivity contribution >= 4 is 0 Å². The lowest BCUT2D eigenvalue weighted by Crippen LogP contribution is -2.52. The molecule has 0 unspecified atom stereocenters. The topological polar surface area (TPSA) is 3.24 Å². The van der Waals surface area contributed by atoms with Crippen molar-refractivity contribution in [3.8, 4) is 0 Å². The smallest absolute Gasteiger partial charge is 0.250 e. The summed E-state index contributed by atoms with van der Waals surface area (Å²) in [6.45, 7) is 8.76. The molecule has 1 aliphatic rings. The molecular weight excluding hydrogens is 184 g/mol. The first-order valence-corrected chi connectivity index (χ1v) is 5.47. The Morgan fingerprint density at radius 2 is 1.79 bits per heavy atom. The first-order valence-electron chi connectivity index (χ1n) is 5.47. The number of likely N-dealkylation sites (tertiary alicyclic amines) is 1. The molecule has 0 bridgehead atoms. The highest BCUT2D eigenvalue weighted by atomic mass is 19.3. The van der Waals surface area contributed by atoms with Gasteiger partial charge in [-0.3, -0.25) is 4.90 Å². The zero-order valence-corrected chi connectivity index (χ0v) is 9.56. The van der Waals surface area contributed by atoms with Gasteiger partial charge < -0.3 is 0 Å². The van der Waals surface area contributed by atoms with Crippen LogP contribution in [-0.2, 0) is 0 Å². The zero-order chi connectivity index (χ0) is 10.9. The molecule has 0 amide bonds. The molecule has 1 nitrogen and oxygen atoms in total. The van der Waals surface area contributed by atoms with E-state index in [1.165, 1.54) is 0 Å². The van der Waals surface area contributed by atoms with Gasteiger partial charge in [-0.1, -0.05) is 13.8 Å². The Morgan fingerprint density at radius 1 is 1.21 bits per heavy atom. The Kier molecular flexibility index (Phi) is 3.51. The summed E-state index contributed by atoms with van der Waals surface area (Å²) in [6, 6.07) is 0.414. The Labute approximate surface area is 85.5 Å². The molecule has 0 aliphatic carbocycles. The first-order chi connectivity index (χ1) is 6.33. The molecule has 0 aromatic rings. The number of alkyl halides is 2. The average Bonchev–Trinajstić information content (AvgIpc) is 2.01. The third-order valence-electron chi connectivity index (χ3n) is 3.10. The Morgan fingerprint density at radius 3 is 2.21 bits per heavy atom. The predicted octanol–water partition coefficient (Wildman–Crippen LogP) is 3.15. The quantitative estimate of drug-likeness (QED) is 0.669. The van der Waals surface area contributed by atoms with Crippen molar-refractivity contribution in [1.82, 2.24) is 4.90 Å². The molecule has 1 atom stereocenters. The lowest BCUT2D eigenvalue weighted by Gasteiger charge is -2.43. The van der Waals surface area contributed by atoms with Crippen LogP contribution in [0.2, 0.25) is 0 Å². The number of nitrogens with zero attached hydrogens (tertiary/aromatic N) is 1. The minimum atomic E-state index is -2.44. The summed E-state index contributed by atoms with van der Waals surface area (Å²) in [5.74, 6) is -2.14. The minimum absolute atomic E-state index is 0.0222. The van der Waals surface area contributed by atoms with Gasteiger partial charge in [0.2, 0.25) is 0 Å². The van der Waals surface area contributed by atoms with E-state index in [-0.39, 0.29) is 18.9 Å². The zero-order valence-electron chi connectivity index (χ0n) is 9.56. The van der Waals surface area contributed by atoms with E-state index < -0.39 is 5.92 Å². The van der Waals surface area contributed by atoms with E-state index in [9.17, 15) is 8.78 Å². The third-order valence-corrected chi connectivity index (χ3v) is 3.10. The van der Waals surface area contributed by atoms with Crippen LogP contribution in [0.15, 0.2) is 0 Å². The molecule has 0 aromatic carbocycles. The minimum Gasteiger partial charge on any atom is -0.297 e. The number of rotatable bonds is 2. The van der Waals surface area contributed by atoms with Crippen LogP contribution in [0.1, 0.15) is 40.5 Å². The van der Waals surface area contributed by atoms with Gasteiger partial charge >= 0.3 is 0 Å². The summed E-state index contributed by atoms with van der Waals surface area (Å²) in [7, 11) is 0. The first kappa shape index (κ1) is 11.9. The maximum atomic E-state index is 13.2. The third kappa shape index (κ3) is 2.66. The molecule has 1 saturated heterocycles. The number of hydrogen-bond acceptors (Lipinski definition) is 1. The summed E-state index contributed by atoms with van der Waals surface area (Å²) in [6.07, 6.45) is 0.0528. The second-order valence-corrected chi connectivity index (χ2v) is 4.95. The van der Waals surface area contributed by atoms with E-state index in [1.54, 1.807) is 0 Å². The van der Waals surface area contributed by atoms with Gasteiger partial charge in [-0.2, -0.15) is 0 Å². The predicted molar refractivity (Wildman–Crippen MR) is 54.6 cm³/mol. The van der Waals surface area contributed by atoms with E-state index in [0.29, 0.717) is 18.5 Å². The SMILES string of the molecule is CC(C)[C@H]1CC(F)(F)CCN1C(C)C. The van der Waals surface area contributed by atoms with Crippen molar-refractivity contribution in [3.05, 3.63) is 0 Å². The number of hydrogen-bond donors (Lipinski definition) is 0. The largest absolute Gasteiger partial charge is 0.297 e. The fourth-order valence-corrected chi connectivity index (χ4v) is 2.24. The normalized spacial score (nSPS) is 28.7. The van der Waals surface area contributed by atoms with Gasteiger partial charge in [-0.05, 0) is 19.8 Å². The molecule has 0 aromatic heterocycles. The summed E-state index contributed by atoms with van der Waals surface area (Å²) in [5.41, 5.74) is 0. The molecule has 1 aliphatic heterocycles. The molecule has 1 heterocycles. The molecule has 14 heavy (non-hydrogen) atoms. The van der Waals surface area contributed by atoms with E-state index in [0.717, 1.165) is 0 Å². The Bertz CT molecular complexity index is 190. The van der Waals surface area contributed by atoms with E-state index >= 15 is 0 Å². The number of halogens is 2. The van der Waals surface area contributed by atoms with Crippen molar-refractivity contribution in [1.29, 1.82) is 0 Å². The van der Waals surface area contributed by atoms with Crippen LogP contribution in [0.4, 0.5) is 8.78 Å². The fraction of sp³-hybridized carbons (Fsp3) is 1.00. The molecule has 84 valence electrons. The Balaban J connectivity index is 2.71. The van der Waals surface area contributed by atoms with Gasteiger partial charge in [-0.15, -0.1) is 0 Å². The van der Waals surface area contributed by atoms with Gasteiger partial charge in [0.25, 0.3) is 5.92 Å². The van der Waals surface area contributed by atoms with Crippen LogP contribution in [-0.4, -0.2) is 29.5 Å². The lowest BCUT2D eigenvalue weighted by atomic mass is 9.89. The molecule has 0 saturated carbocycles. The van der Waals surface area contributed by atoms with Crippen molar-refractivity contribution in [2.75, 3.05) is 6.54 Å². The van der Waals surface area contributed by atoms with E-state index in [4.69, 9.17) is 0 Å². The summed E-state index contributed by atoms with van der Waals surface area (Å²) >= 11 is 0. The number of piperidine rings is 1. The van der Waals surface area contributed by atoms with Crippen LogP contribution >= 0.6 is 0 Å². The van der Waals surface area contributed by atoms with Crippen LogP contribution in [0.25, 0.3) is 0 Å². The Hall–Kier alpha value is -0.180. The van der Waals surface area contributed by atoms with Crippen molar-refractivity contribution in [3.63, 3.8) is 0 Å². The molecule has 3 heteroatoms. The van der Waals surface area contributed by atoms with Gasteiger partial charge in [0.05, 0.1) is 0 Å². The van der Waals surface area contributed by atoms with Crippen LogP contribution in [0, 0.1) is 5.92 Å². The highest BCUT2D eigenvalue weighted by Gasteiger charge is 2.41. The van der Waals surface area contributed by atoms with Gasteiger partial charge in [0.1, 0.15) is 0 Å². The summed E-state index contributed by atoms with van der Waals surface area (Å²) in [5, 5.41) is 0. The van der Waals surface area contributed by atoms with Crippen molar-refractivity contribution < 1.29 is 8.78 Å². The highest BCUT2D eigenvalue weighted by Crippen LogP contribution is 2.35. The molecule has 1 rings (SSSR count). The molecule has 0 spiro atoms. The summed E-state index contributed by atoms with van der Waals surface area (Å²) < 4.78 is 26.4. The fourth-order valence-electron chi connectivity index (χ4n) is 2.24. The van der Waals surface area contributed by atoms with Gasteiger partial charge in [0.15, 0.2) is 0 Å². The highest BCUT2D eigenvalue weighted by molar-refractivity contribution is 4.89. The standard InChI is InChI=1S/C11H21F2N/c1-8(2)10-7-11(12,13)5-6-14(10)9(3)4/h8-10H,5-7H2,1-4H3/t10-/m1/s1. The maximum absolute atomic E-state index is 13.2. The van der Waals surface area contributed by atoms with Crippen molar-refractivity contribution in [2.24, 2.45) is 5.92 Å². The van der Waals surface area contributed by atoms with Crippen LogP contribution in [0.3, 0.4) is 0 Å². The second-order valence-electron chi connectivity index (χ2n) is 4.95. The van der Waals surface area contributed by atoms with Crippen LogP contribution in [0.5, 0.6) is 0 Å². The van der Waals surface area contributed by atoms with Crippen molar-refractivity contribution in [2.45, 2.75) is 58.5 Å². The second kappa shape index (κ2) is 4.13.